The molecule has 6 fully saturated rings. The predicted octanol–water partition coefficient (Wildman–Crippen LogP) is 6.05. The molecule has 4 saturated heterocycles. The first-order valence-electron chi connectivity index (χ1n) is 15.8. The fourth-order valence-electron chi connectivity index (χ4n) is 9.10. The predicted molar refractivity (Wildman–Crippen MR) is 147 cm³/mol. The maximum absolute atomic E-state index is 13.8. The number of piperidine rings is 2. The molecule has 4 heterocycles. The van der Waals surface area contributed by atoms with E-state index in [9.17, 15) is 8.78 Å². The normalized spacial score (nSPS) is 38.2. The van der Waals surface area contributed by atoms with Crippen molar-refractivity contribution in [3.05, 3.63) is 0 Å². The van der Waals surface area contributed by atoms with E-state index in [2.05, 4.69) is 49.7 Å². The minimum atomic E-state index is -2.45. The first kappa shape index (κ1) is 28.2. The van der Waals surface area contributed by atoms with E-state index < -0.39 is 5.92 Å². The Morgan fingerprint density at radius 2 is 1.65 bits per heavy atom. The van der Waals surface area contributed by atoms with Crippen molar-refractivity contribution in [2.24, 2.45) is 35.5 Å². The number of likely N-dealkylation sites (tertiary alicyclic amines) is 1. The molecule has 0 aromatic carbocycles. The Balaban J connectivity index is 1.28. The van der Waals surface area contributed by atoms with Crippen molar-refractivity contribution >= 4 is 0 Å². The lowest BCUT2D eigenvalue weighted by Crippen LogP contribution is -2.60. The Bertz CT molecular complexity index is 751. The molecule has 0 spiro atoms. The van der Waals surface area contributed by atoms with E-state index in [4.69, 9.17) is 4.74 Å². The van der Waals surface area contributed by atoms with E-state index >= 15 is 0 Å². The molecule has 4 bridgehead atoms. The van der Waals surface area contributed by atoms with Crippen molar-refractivity contribution in [2.75, 3.05) is 39.3 Å². The topological polar surface area (TPSA) is 27.7 Å². The molecule has 0 amide bonds. The third-order valence-corrected chi connectivity index (χ3v) is 10.6. The number of hydrogen-bond donors (Lipinski definition) is 1. The zero-order chi connectivity index (χ0) is 26.4. The maximum Gasteiger partial charge on any atom is 0.248 e. The lowest BCUT2D eigenvalue weighted by atomic mass is 9.68. The van der Waals surface area contributed by atoms with E-state index in [-0.39, 0.29) is 18.4 Å². The van der Waals surface area contributed by atoms with Crippen LogP contribution in [0.2, 0.25) is 0 Å². The second kappa shape index (κ2) is 11.3. The molecule has 4 aliphatic heterocycles. The monoisotopic (exact) mass is 523 g/mol. The molecule has 0 aromatic heterocycles. The third kappa shape index (κ3) is 6.38. The van der Waals surface area contributed by atoms with Gasteiger partial charge in [0.15, 0.2) is 0 Å². The van der Waals surface area contributed by atoms with Crippen LogP contribution in [-0.4, -0.2) is 78.8 Å². The van der Waals surface area contributed by atoms with Crippen LogP contribution in [0, 0.1) is 35.5 Å². The van der Waals surface area contributed by atoms with Gasteiger partial charge in [-0.1, -0.05) is 34.6 Å². The minimum absolute atomic E-state index is 0.0578. The number of hydrogen-bond acceptors (Lipinski definition) is 4. The Hall–Kier alpha value is -0.300. The van der Waals surface area contributed by atoms with Gasteiger partial charge in [0.05, 0.1) is 12.2 Å². The van der Waals surface area contributed by atoms with Gasteiger partial charge in [0, 0.05) is 57.1 Å². The van der Waals surface area contributed by atoms with Crippen molar-refractivity contribution < 1.29 is 13.5 Å². The average Bonchev–Trinajstić information content (AvgIpc) is 3.39. The van der Waals surface area contributed by atoms with Crippen molar-refractivity contribution in [1.82, 2.24) is 15.1 Å². The summed E-state index contributed by atoms with van der Waals surface area (Å²) in [5.41, 5.74) is -0.122. The molecular weight excluding hydrogens is 468 g/mol. The molecule has 4 nitrogen and oxygen atoms in total. The molecule has 2 aliphatic carbocycles. The Labute approximate surface area is 225 Å². The lowest BCUT2D eigenvalue weighted by Gasteiger charge is -2.52. The van der Waals surface area contributed by atoms with Crippen LogP contribution in [0.15, 0.2) is 0 Å². The summed E-state index contributed by atoms with van der Waals surface area (Å²) in [6, 6.07) is 1.59. The highest BCUT2D eigenvalue weighted by Crippen LogP contribution is 2.47. The van der Waals surface area contributed by atoms with Crippen molar-refractivity contribution in [1.29, 1.82) is 0 Å². The number of morpholine rings is 1. The summed E-state index contributed by atoms with van der Waals surface area (Å²) in [5, 5.41) is 4.02. The molecule has 2 saturated carbocycles. The van der Waals surface area contributed by atoms with E-state index in [1.807, 2.05) is 0 Å². The van der Waals surface area contributed by atoms with Crippen LogP contribution in [0.4, 0.5) is 8.78 Å². The minimum Gasteiger partial charge on any atom is -0.370 e. The molecule has 7 unspecified atom stereocenters. The van der Waals surface area contributed by atoms with Crippen LogP contribution in [-0.2, 0) is 4.74 Å². The van der Waals surface area contributed by atoms with Crippen molar-refractivity contribution in [2.45, 2.75) is 122 Å². The van der Waals surface area contributed by atoms with Crippen LogP contribution in [0.25, 0.3) is 0 Å². The number of nitrogens with one attached hydrogen (secondary N) is 1. The van der Waals surface area contributed by atoms with Gasteiger partial charge >= 0.3 is 0 Å². The molecule has 7 atom stereocenters. The molecule has 214 valence electrons. The number of rotatable bonds is 11. The number of fused-ring (bicyclic) bond motifs is 5. The third-order valence-electron chi connectivity index (χ3n) is 10.6. The Morgan fingerprint density at radius 3 is 2.32 bits per heavy atom. The molecule has 6 heteroatoms. The van der Waals surface area contributed by atoms with Gasteiger partial charge in [-0.15, -0.1) is 0 Å². The summed E-state index contributed by atoms with van der Waals surface area (Å²) in [5.74, 6) is 1.47. The van der Waals surface area contributed by atoms with E-state index in [1.54, 1.807) is 0 Å². The second-order valence-corrected chi connectivity index (χ2v) is 14.8. The number of halogens is 2. The second-order valence-electron chi connectivity index (χ2n) is 14.8. The smallest absolute Gasteiger partial charge is 0.248 e. The maximum atomic E-state index is 13.8. The van der Waals surface area contributed by atoms with E-state index in [0.29, 0.717) is 42.7 Å². The molecule has 0 aromatic rings. The van der Waals surface area contributed by atoms with E-state index in [1.165, 1.54) is 38.8 Å². The van der Waals surface area contributed by atoms with Crippen LogP contribution >= 0.6 is 0 Å². The zero-order valence-electron chi connectivity index (χ0n) is 24.4. The molecule has 0 radical (unpaired) electrons. The highest BCUT2D eigenvalue weighted by molar-refractivity contribution is 5.11. The van der Waals surface area contributed by atoms with Gasteiger partial charge in [0.2, 0.25) is 5.92 Å². The van der Waals surface area contributed by atoms with Gasteiger partial charge < -0.3 is 10.1 Å². The highest BCUT2D eigenvalue weighted by atomic mass is 19.3. The Kier molecular flexibility index (Phi) is 8.62. The summed E-state index contributed by atoms with van der Waals surface area (Å²) < 4.78 is 34.3. The zero-order valence-corrected chi connectivity index (χ0v) is 24.4. The SMILES string of the molecule is CC(C)CN1CC2(C(NCC3CCC(F)(F)CC3)C(C)CC3CC4CCC3N(CC(C)C)C4)CC1CO2. The number of ether oxygens (including phenoxy) is 1. The van der Waals surface area contributed by atoms with Crippen LogP contribution in [0.3, 0.4) is 0 Å². The fourth-order valence-corrected chi connectivity index (χ4v) is 9.10. The lowest BCUT2D eigenvalue weighted by molar-refractivity contribution is -0.0865. The van der Waals surface area contributed by atoms with E-state index in [0.717, 1.165) is 56.5 Å². The molecule has 37 heavy (non-hydrogen) atoms. The largest absolute Gasteiger partial charge is 0.370 e. The van der Waals surface area contributed by atoms with Crippen LogP contribution < -0.4 is 5.32 Å². The van der Waals surface area contributed by atoms with Gasteiger partial charge in [-0.2, -0.15) is 0 Å². The van der Waals surface area contributed by atoms with Gasteiger partial charge in [0.1, 0.15) is 0 Å². The molecule has 6 aliphatic rings. The molecule has 6 rings (SSSR count). The van der Waals surface area contributed by atoms with Gasteiger partial charge in [0.25, 0.3) is 0 Å². The molecule has 1 N–H and O–H groups in total. The molecular formula is C31H55F2N3O. The van der Waals surface area contributed by atoms with Crippen LogP contribution in [0.1, 0.15) is 92.4 Å². The fraction of sp³-hybridized carbons (Fsp3) is 1.00. The summed E-state index contributed by atoms with van der Waals surface area (Å²) in [6.07, 6.45) is 7.97. The summed E-state index contributed by atoms with van der Waals surface area (Å²) in [4.78, 5) is 5.51. The van der Waals surface area contributed by atoms with Gasteiger partial charge in [-0.3, -0.25) is 9.80 Å². The van der Waals surface area contributed by atoms with Gasteiger partial charge in [-0.25, -0.2) is 8.78 Å². The Morgan fingerprint density at radius 1 is 0.946 bits per heavy atom. The quantitative estimate of drug-likeness (QED) is 0.357. The van der Waals surface area contributed by atoms with Gasteiger partial charge in [-0.05, 0) is 87.0 Å². The standard InChI is InChI=1S/C31H55F2N3O/c1-21(2)16-35-18-25-6-7-28(35)26(13-25)12-23(5)29(34-15-24-8-10-31(32,33)11-9-24)30-14-27(19-37-30)36(20-30)17-22(3)4/h21-29,34H,6-20H2,1-5H3. The van der Waals surface area contributed by atoms with Crippen LogP contribution in [0.5, 0.6) is 0 Å². The first-order valence-corrected chi connectivity index (χ1v) is 15.8. The van der Waals surface area contributed by atoms with Crippen molar-refractivity contribution in [3.63, 3.8) is 0 Å². The number of alkyl halides is 2. The summed E-state index contributed by atoms with van der Waals surface area (Å²) >= 11 is 0. The first-order chi connectivity index (χ1) is 17.5. The van der Waals surface area contributed by atoms with Crippen molar-refractivity contribution in [3.8, 4) is 0 Å². The summed E-state index contributed by atoms with van der Waals surface area (Å²) in [7, 11) is 0. The average molecular weight is 524 g/mol. The number of nitrogens with zero attached hydrogens (tertiary/aromatic N) is 2. The highest BCUT2D eigenvalue weighted by Gasteiger charge is 2.56. The summed E-state index contributed by atoms with van der Waals surface area (Å²) in [6.45, 7) is 18.2.